The molecule has 0 N–H and O–H groups in total. The van der Waals surface area contributed by atoms with Crippen LogP contribution >= 0.6 is 0 Å². The van der Waals surface area contributed by atoms with Crippen molar-refractivity contribution in [2.45, 2.75) is 66.2 Å². The normalized spacial score (nSPS) is 28.2. The molecule has 0 amide bonds. The van der Waals surface area contributed by atoms with Crippen LogP contribution in [0.2, 0.25) is 0 Å². The number of hydrogen-bond acceptors (Lipinski definition) is 4. The molecule has 2 fully saturated rings. The lowest BCUT2D eigenvalue weighted by atomic mass is 9.98. The van der Waals surface area contributed by atoms with Crippen LogP contribution in [0.15, 0.2) is 24.3 Å². The first-order valence-electron chi connectivity index (χ1n) is 12.4. The van der Waals surface area contributed by atoms with Gasteiger partial charge in [0.1, 0.15) is 0 Å². The third-order valence-corrected chi connectivity index (χ3v) is 9.73. The quantitative estimate of drug-likeness (QED) is 0.565. The summed E-state index contributed by atoms with van der Waals surface area (Å²) in [5, 5.41) is 9.21. The highest BCUT2D eigenvalue weighted by atomic mass is 16.2. The number of hydrogen-bond donors (Lipinski definition) is 0. The largest absolute Gasteiger partial charge is 0.278 e. The molecule has 2 heterocycles. The maximum Gasteiger partial charge on any atom is 0.278 e. The summed E-state index contributed by atoms with van der Waals surface area (Å²) in [5.41, 5.74) is 8.36. The zero-order chi connectivity index (χ0) is 23.9. The molecule has 34 heavy (non-hydrogen) atoms. The summed E-state index contributed by atoms with van der Waals surface area (Å²) in [4.78, 5) is 26.6. The lowest BCUT2D eigenvalue weighted by molar-refractivity contribution is 0.0929. The SMILES string of the molecule is Cc1nn(C(=O)c2ccc(C(=O)n3nc(C)c4c3C[C@H]3[C@H]4C3(C)C)cc2)c2c1[C@@H]1[C@@H](C2)C1(C)C. The van der Waals surface area contributed by atoms with Crippen molar-refractivity contribution in [3.8, 4) is 0 Å². The first kappa shape index (κ1) is 20.4. The molecule has 4 atom stereocenters. The lowest BCUT2D eigenvalue weighted by Crippen LogP contribution is -2.19. The number of benzene rings is 1. The molecular weight excluding hydrogens is 424 g/mol. The highest BCUT2D eigenvalue weighted by molar-refractivity contribution is 5.99. The molecule has 0 spiro atoms. The molecule has 2 saturated carbocycles. The molecule has 7 rings (SSSR count). The van der Waals surface area contributed by atoms with Gasteiger partial charge in [0.25, 0.3) is 11.8 Å². The first-order chi connectivity index (χ1) is 16.0. The Labute approximate surface area is 199 Å². The van der Waals surface area contributed by atoms with Gasteiger partial charge in [-0.2, -0.15) is 10.2 Å². The average molecular weight is 455 g/mol. The van der Waals surface area contributed by atoms with Gasteiger partial charge in [-0.15, -0.1) is 0 Å². The van der Waals surface area contributed by atoms with Crippen molar-refractivity contribution in [2.75, 3.05) is 0 Å². The Kier molecular flexibility index (Phi) is 3.57. The summed E-state index contributed by atoms with van der Waals surface area (Å²) in [5.74, 6) is 2.05. The molecule has 0 bridgehead atoms. The maximum absolute atomic E-state index is 13.3. The van der Waals surface area contributed by atoms with Crippen LogP contribution in [0.3, 0.4) is 0 Å². The second-order valence-electron chi connectivity index (χ2n) is 12.1. The summed E-state index contributed by atoms with van der Waals surface area (Å²) in [6, 6.07) is 6.98. The van der Waals surface area contributed by atoms with E-state index < -0.39 is 0 Å². The van der Waals surface area contributed by atoms with E-state index in [9.17, 15) is 9.59 Å². The van der Waals surface area contributed by atoms with Crippen molar-refractivity contribution in [3.05, 3.63) is 69.3 Å². The van der Waals surface area contributed by atoms with Gasteiger partial charge in [0.05, 0.1) is 22.8 Å². The Morgan fingerprint density at radius 3 is 1.44 bits per heavy atom. The standard InChI is InChI=1S/C28H30N4O2/c1-13-21-19(11-17-23(21)27(17,3)4)31(29-13)25(33)15-7-9-16(10-8-15)26(34)32-20-12-18-24(28(18,5)6)22(20)14(2)30-32/h7-10,17-18,23-24H,11-12H2,1-6H3/t17-,18+,23+,24-. The predicted molar refractivity (Wildman–Crippen MR) is 127 cm³/mol. The van der Waals surface area contributed by atoms with Crippen LogP contribution in [0, 0.1) is 36.5 Å². The molecule has 4 aliphatic carbocycles. The van der Waals surface area contributed by atoms with E-state index in [0.717, 1.165) is 35.6 Å². The van der Waals surface area contributed by atoms with Crippen LogP contribution in [-0.4, -0.2) is 31.4 Å². The van der Waals surface area contributed by atoms with Crippen molar-refractivity contribution in [1.82, 2.24) is 19.6 Å². The van der Waals surface area contributed by atoms with E-state index in [2.05, 4.69) is 37.9 Å². The number of fused-ring (bicyclic) bond motifs is 6. The van der Waals surface area contributed by atoms with E-state index in [1.807, 2.05) is 13.8 Å². The number of carbonyl (C=O) groups excluding carboxylic acids is 2. The molecule has 0 saturated heterocycles. The van der Waals surface area contributed by atoms with Gasteiger partial charge in [-0.05, 0) is 85.5 Å². The summed E-state index contributed by atoms with van der Waals surface area (Å²) in [7, 11) is 0. The molecule has 0 aliphatic heterocycles. The van der Waals surface area contributed by atoms with E-state index in [1.54, 1.807) is 33.6 Å². The van der Waals surface area contributed by atoms with Gasteiger partial charge in [0.2, 0.25) is 0 Å². The molecule has 0 unspecified atom stereocenters. The second kappa shape index (κ2) is 5.96. The molecule has 0 radical (unpaired) electrons. The molecule has 6 nitrogen and oxygen atoms in total. The molecular formula is C28H30N4O2. The Morgan fingerprint density at radius 1 is 0.735 bits per heavy atom. The molecule has 4 aliphatic rings. The summed E-state index contributed by atoms with van der Waals surface area (Å²) < 4.78 is 3.20. The van der Waals surface area contributed by atoms with Gasteiger partial charge in [0.15, 0.2) is 0 Å². The topological polar surface area (TPSA) is 69.8 Å². The van der Waals surface area contributed by atoms with Crippen molar-refractivity contribution < 1.29 is 9.59 Å². The molecule has 2 aromatic heterocycles. The highest BCUT2D eigenvalue weighted by Gasteiger charge is 2.65. The maximum atomic E-state index is 13.3. The van der Waals surface area contributed by atoms with Crippen molar-refractivity contribution >= 4 is 11.8 Å². The van der Waals surface area contributed by atoms with Crippen molar-refractivity contribution in [2.24, 2.45) is 22.7 Å². The van der Waals surface area contributed by atoms with E-state index >= 15 is 0 Å². The minimum absolute atomic E-state index is 0.124. The number of aryl methyl sites for hydroxylation is 2. The summed E-state index contributed by atoms with van der Waals surface area (Å²) in [6.45, 7) is 13.2. The summed E-state index contributed by atoms with van der Waals surface area (Å²) in [6.07, 6.45) is 1.83. The van der Waals surface area contributed by atoms with Gasteiger partial charge in [-0.3, -0.25) is 9.59 Å². The van der Waals surface area contributed by atoms with Crippen LogP contribution in [-0.2, 0) is 12.8 Å². The fraction of sp³-hybridized carbons (Fsp3) is 0.500. The van der Waals surface area contributed by atoms with Crippen LogP contribution in [0.5, 0.6) is 0 Å². The molecule has 6 heteroatoms. The van der Waals surface area contributed by atoms with E-state index in [1.165, 1.54) is 11.1 Å². The van der Waals surface area contributed by atoms with Gasteiger partial charge in [0, 0.05) is 22.3 Å². The first-order valence-corrected chi connectivity index (χ1v) is 12.4. The van der Waals surface area contributed by atoms with Crippen molar-refractivity contribution in [1.29, 1.82) is 0 Å². The fourth-order valence-electron chi connectivity index (χ4n) is 7.53. The molecule has 174 valence electrons. The van der Waals surface area contributed by atoms with Crippen LogP contribution in [0.25, 0.3) is 0 Å². The third-order valence-electron chi connectivity index (χ3n) is 9.73. The van der Waals surface area contributed by atoms with Gasteiger partial charge < -0.3 is 0 Å². The number of nitrogens with zero attached hydrogens (tertiary/aromatic N) is 4. The molecule has 3 aromatic rings. The van der Waals surface area contributed by atoms with Crippen LogP contribution in [0.1, 0.15) is 94.1 Å². The lowest BCUT2D eigenvalue weighted by Gasteiger charge is -2.11. The molecule has 1 aromatic carbocycles. The van der Waals surface area contributed by atoms with E-state index in [4.69, 9.17) is 0 Å². The Morgan fingerprint density at radius 2 is 1.09 bits per heavy atom. The van der Waals surface area contributed by atoms with Crippen molar-refractivity contribution in [3.63, 3.8) is 0 Å². The van der Waals surface area contributed by atoms with Gasteiger partial charge in [-0.1, -0.05) is 27.7 Å². The number of rotatable bonds is 2. The minimum atomic E-state index is -0.124. The smallest absolute Gasteiger partial charge is 0.267 e. The monoisotopic (exact) mass is 454 g/mol. The Balaban J connectivity index is 1.16. The second-order valence-corrected chi connectivity index (χ2v) is 12.1. The van der Waals surface area contributed by atoms with Gasteiger partial charge in [-0.25, -0.2) is 9.36 Å². The number of carbonyl (C=O) groups is 2. The van der Waals surface area contributed by atoms with E-state index in [-0.39, 0.29) is 11.8 Å². The Bertz CT molecular complexity index is 1330. The predicted octanol–water partition coefficient (Wildman–Crippen LogP) is 4.66. The third kappa shape index (κ3) is 2.32. The fourth-order valence-corrected chi connectivity index (χ4v) is 7.53. The van der Waals surface area contributed by atoms with Crippen LogP contribution < -0.4 is 0 Å². The van der Waals surface area contributed by atoms with Crippen LogP contribution in [0.4, 0.5) is 0 Å². The average Bonchev–Trinajstić information content (AvgIpc) is 3.28. The zero-order valence-corrected chi connectivity index (χ0v) is 20.6. The number of aromatic nitrogens is 4. The highest BCUT2D eigenvalue weighted by Crippen LogP contribution is 2.71. The minimum Gasteiger partial charge on any atom is -0.267 e. The van der Waals surface area contributed by atoms with Gasteiger partial charge >= 0.3 is 0 Å². The Hall–Kier alpha value is -3.02. The van der Waals surface area contributed by atoms with E-state index in [0.29, 0.717) is 45.6 Å². The summed E-state index contributed by atoms with van der Waals surface area (Å²) >= 11 is 0. The zero-order valence-electron chi connectivity index (χ0n) is 20.6.